The lowest BCUT2D eigenvalue weighted by Crippen LogP contribution is -2.25. The van der Waals surface area contributed by atoms with Crippen molar-refractivity contribution >= 4 is 16.9 Å². The van der Waals surface area contributed by atoms with E-state index in [9.17, 15) is 5.26 Å². The second kappa shape index (κ2) is 7.25. The molecule has 0 aliphatic carbocycles. The predicted molar refractivity (Wildman–Crippen MR) is 121 cm³/mol. The normalized spacial score (nSPS) is 16.2. The fraction of sp³-hybridized carbons (Fsp3) is 0.292. The van der Waals surface area contributed by atoms with E-state index < -0.39 is 0 Å². The third kappa shape index (κ3) is 3.16. The number of nitrogens with two attached hydrogens (primary N) is 1. The van der Waals surface area contributed by atoms with Gasteiger partial charge in [-0.05, 0) is 38.8 Å². The summed E-state index contributed by atoms with van der Waals surface area (Å²) in [5, 5.41) is 18.4. The zero-order chi connectivity index (χ0) is 21.7. The third-order valence-corrected chi connectivity index (χ3v) is 6.01. The molecule has 3 aromatic heterocycles. The zero-order valence-electron chi connectivity index (χ0n) is 17.9. The molecule has 7 heteroatoms. The molecular formula is C24H24N6O. The van der Waals surface area contributed by atoms with Crippen LogP contribution in [0.4, 0.5) is 5.88 Å². The number of hydrogen-bond acceptors (Lipinski definition) is 6. The number of rotatable bonds is 3. The van der Waals surface area contributed by atoms with Crippen molar-refractivity contribution in [2.45, 2.75) is 33.2 Å². The Morgan fingerprint density at radius 2 is 2.06 bits per heavy atom. The van der Waals surface area contributed by atoms with Crippen molar-refractivity contribution in [2.75, 3.05) is 18.0 Å². The Hall–Kier alpha value is -3.63. The Bertz CT molecular complexity index is 1340. The number of nitrogens with zero attached hydrogens (tertiary/aromatic N) is 4. The second-order valence-electron chi connectivity index (χ2n) is 8.32. The van der Waals surface area contributed by atoms with Crippen LogP contribution in [-0.2, 0) is 0 Å². The molecule has 1 aliphatic rings. The first-order chi connectivity index (χ1) is 15.0. The molecule has 0 bridgehead atoms. The second-order valence-corrected chi connectivity index (χ2v) is 8.32. The molecule has 1 saturated heterocycles. The van der Waals surface area contributed by atoms with Gasteiger partial charge in [-0.15, -0.1) is 0 Å². The number of H-pyrrole nitrogens is 1. The van der Waals surface area contributed by atoms with E-state index in [0.29, 0.717) is 22.7 Å². The van der Waals surface area contributed by atoms with Gasteiger partial charge in [-0.1, -0.05) is 23.8 Å². The highest BCUT2D eigenvalue weighted by Gasteiger charge is 2.26. The molecule has 1 aromatic carbocycles. The van der Waals surface area contributed by atoms with Gasteiger partial charge < -0.3 is 15.1 Å². The van der Waals surface area contributed by atoms with Crippen LogP contribution < -0.4 is 10.6 Å². The molecule has 1 aliphatic heterocycles. The van der Waals surface area contributed by atoms with Gasteiger partial charge in [0.05, 0.1) is 22.2 Å². The average Bonchev–Trinajstić information content (AvgIpc) is 3.47. The SMILES string of the molecule is Cc1ccc(-c2nc3n[nH]c(C)c3c(-c3ccc(N4CCC(N)C4)o3)c2C#N)c(C)c1. The monoisotopic (exact) mass is 412 g/mol. The molecule has 7 nitrogen and oxygen atoms in total. The predicted octanol–water partition coefficient (Wildman–Crippen LogP) is 4.22. The molecule has 1 fully saturated rings. The lowest BCUT2D eigenvalue weighted by molar-refractivity contribution is 0.569. The molecule has 1 atom stereocenters. The molecule has 0 saturated carbocycles. The van der Waals surface area contributed by atoms with E-state index in [1.807, 2.05) is 38.1 Å². The lowest BCUT2D eigenvalue weighted by Gasteiger charge is -2.14. The Labute approximate surface area is 180 Å². The van der Waals surface area contributed by atoms with Gasteiger partial charge in [0.2, 0.25) is 0 Å². The summed E-state index contributed by atoms with van der Waals surface area (Å²) >= 11 is 0. The van der Waals surface area contributed by atoms with Crippen LogP contribution in [-0.4, -0.2) is 34.3 Å². The summed E-state index contributed by atoms with van der Waals surface area (Å²) in [5.74, 6) is 1.40. The summed E-state index contributed by atoms with van der Waals surface area (Å²) in [6, 6.07) is 12.6. The molecule has 0 spiro atoms. The molecular weight excluding hydrogens is 388 g/mol. The smallest absolute Gasteiger partial charge is 0.196 e. The topological polar surface area (TPSA) is 108 Å². The van der Waals surface area contributed by atoms with Gasteiger partial charge in [-0.25, -0.2) is 4.98 Å². The molecule has 4 heterocycles. The highest BCUT2D eigenvalue weighted by Crippen LogP contribution is 2.40. The van der Waals surface area contributed by atoms with Crippen LogP contribution in [0.2, 0.25) is 0 Å². The maximum absolute atomic E-state index is 10.2. The molecule has 3 N–H and O–H groups in total. The van der Waals surface area contributed by atoms with E-state index in [1.54, 1.807) is 0 Å². The number of aromatic nitrogens is 3. The van der Waals surface area contributed by atoms with Crippen molar-refractivity contribution in [2.24, 2.45) is 5.73 Å². The summed E-state index contributed by atoms with van der Waals surface area (Å²) in [5.41, 5.74) is 12.5. The number of anilines is 1. The first-order valence-electron chi connectivity index (χ1n) is 10.4. The minimum atomic E-state index is 0.156. The maximum Gasteiger partial charge on any atom is 0.196 e. The van der Waals surface area contributed by atoms with Crippen LogP contribution in [0, 0.1) is 32.1 Å². The zero-order valence-corrected chi connectivity index (χ0v) is 17.9. The van der Waals surface area contributed by atoms with Crippen LogP contribution in [0.15, 0.2) is 34.7 Å². The molecule has 0 amide bonds. The fourth-order valence-corrected chi connectivity index (χ4v) is 4.45. The number of aryl methyl sites for hydroxylation is 3. The molecule has 0 radical (unpaired) electrons. The van der Waals surface area contributed by atoms with E-state index in [0.717, 1.165) is 58.7 Å². The Morgan fingerprint density at radius 1 is 1.23 bits per heavy atom. The summed E-state index contributed by atoms with van der Waals surface area (Å²) in [6.07, 6.45) is 0.941. The number of fused-ring (bicyclic) bond motifs is 1. The van der Waals surface area contributed by atoms with Crippen LogP contribution in [0.25, 0.3) is 33.6 Å². The maximum atomic E-state index is 10.2. The van der Waals surface area contributed by atoms with E-state index in [1.165, 1.54) is 0 Å². The number of furan rings is 1. The van der Waals surface area contributed by atoms with Gasteiger partial charge in [0.15, 0.2) is 11.5 Å². The largest absolute Gasteiger partial charge is 0.440 e. The highest BCUT2D eigenvalue weighted by molar-refractivity contribution is 6.00. The standard InChI is InChI=1S/C24H24N6O/c1-13-4-5-17(14(2)10-13)23-18(11-25)22(21-15(3)28-29-24(21)27-23)19-6-7-20(31-19)30-9-8-16(26)12-30/h4-7,10,16H,8-9,12,26H2,1-3H3,(H,27,28,29). The first-order valence-corrected chi connectivity index (χ1v) is 10.4. The number of benzene rings is 1. The Balaban J connectivity index is 1.75. The fourth-order valence-electron chi connectivity index (χ4n) is 4.45. The van der Waals surface area contributed by atoms with E-state index in [-0.39, 0.29) is 6.04 Å². The van der Waals surface area contributed by atoms with Gasteiger partial charge in [0.25, 0.3) is 0 Å². The van der Waals surface area contributed by atoms with Crippen LogP contribution >= 0.6 is 0 Å². The van der Waals surface area contributed by atoms with Crippen molar-refractivity contribution in [3.05, 3.63) is 52.7 Å². The van der Waals surface area contributed by atoms with Crippen molar-refractivity contribution in [3.63, 3.8) is 0 Å². The van der Waals surface area contributed by atoms with Crippen LogP contribution in [0.3, 0.4) is 0 Å². The Kier molecular flexibility index (Phi) is 4.53. The summed E-state index contributed by atoms with van der Waals surface area (Å²) in [4.78, 5) is 6.92. The number of hydrogen-bond donors (Lipinski definition) is 2. The van der Waals surface area contributed by atoms with E-state index in [4.69, 9.17) is 15.1 Å². The minimum absolute atomic E-state index is 0.156. The molecule has 156 valence electrons. The minimum Gasteiger partial charge on any atom is -0.440 e. The average molecular weight is 412 g/mol. The van der Waals surface area contributed by atoms with Crippen molar-refractivity contribution < 1.29 is 4.42 Å². The molecule has 1 unspecified atom stereocenters. The molecule has 4 aromatic rings. The van der Waals surface area contributed by atoms with Gasteiger partial charge in [0, 0.05) is 36.5 Å². The van der Waals surface area contributed by atoms with Crippen LogP contribution in [0.5, 0.6) is 0 Å². The van der Waals surface area contributed by atoms with Gasteiger partial charge in [-0.2, -0.15) is 10.4 Å². The number of pyridine rings is 1. The van der Waals surface area contributed by atoms with Crippen molar-refractivity contribution in [3.8, 4) is 28.7 Å². The Morgan fingerprint density at radius 3 is 2.77 bits per heavy atom. The highest BCUT2D eigenvalue weighted by atomic mass is 16.4. The molecule has 5 rings (SSSR count). The number of nitriles is 1. The third-order valence-electron chi connectivity index (χ3n) is 6.01. The summed E-state index contributed by atoms with van der Waals surface area (Å²) in [7, 11) is 0. The number of nitrogens with one attached hydrogen (secondary N) is 1. The van der Waals surface area contributed by atoms with Crippen molar-refractivity contribution in [1.29, 1.82) is 5.26 Å². The van der Waals surface area contributed by atoms with E-state index in [2.05, 4.69) is 34.2 Å². The van der Waals surface area contributed by atoms with Crippen LogP contribution in [0.1, 0.15) is 28.8 Å². The molecule has 31 heavy (non-hydrogen) atoms. The number of aromatic amines is 1. The summed E-state index contributed by atoms with van der Waals surface area (Å²) < 4.78 is 6.27. The van der Waals surface area contributed by atoms with Gasteiger partial charge in [0.1, 0.15) is 11.8 Å². The van der Waals surface area contributed by atoms with Crippen molar-refractivity contribution in [1.82, 2.24) is 15.2 Å². The van der Waals surface area contributed by atoms with E-state index >= 15 is 0 Å². The van der Waals surface area contributed by atoms with Gasteiger partial charge in [-0.3, -0.25) is 5.10 Å². The quantitative estimate of drug-likeness (QED) is 0.522. The first kappa shape index (κ1) is 19.3. The van der Waals surface area contributed by atoms with Gasteiger partial charge >= 0.3 is 0 Å². The summed E-state index contributed by atoms with van der Waals surface area (Å²) in [6.45, 7) is 7.65. The lowest BCUT2D eigenvalue weighted by atomic mass is 9.94.